The van der Waals surface area contributed by atoms with Crippen LogP contribution in [0, 0.1) is 0 Å². The summed E-state index contributed by atoms with van der Waals surface area (Å²) in [5, 5.41) is 0. The minimum atomic E-state index is 0.124. The van der Waals surface area contributed by atoms with Crippen molar-refractivity contribution in [2.24, 2.45) is 0 Å². The quantitative estimate of drug-likeness (QED) is 0.836. The van der Waals surface area contributed by atoms with Crippen molar-refractivity contribution < 1.29 is 9.53 Å². The zero-order chi connectivity index (χ0) is 13.8. The van der Waals surface area contributed by atoms with Gasteiger partial charge in [-0.05, 0) is 25.5 Å². The molecule has 1 aliphatic rings. The van der Waals surface area contributed by atoms with E-state index in [-0.39, 0.29) is 5.91 Å². The lowest BCUT2D eigenvalue weighted by Gasteiger charge is -2.24. The van der Waals surface area contributed by atoms with E-state index in [1.807, 2.05) is 37.1 Å². The fourth-order valence-electron chi connectivity index (χ4n) is 2.28. The van der Waals surface area contributed by atoms with Crippen LogP contribution >= 0.6 is 0 Å². The van der Waals surface area contributed by atoms with Crippen LogP contribution in [0.1, 0.15) is 13.3 Å². The van der Waals surface area contributed by atoms with Crippen LogP contribution in [0.5, 0.6) is 5.75 Å². The molecule has 5 heteroatoms. The molecule has 2 rings (SSSR count). The molecule has 19 heavy (non-hydrogen) atoms. The van der Waals surface area contributed by atoms with Crippen molar-refractivity contribution in [2.45, 2.75) is 13.3 Å². The predicted molar refractivity (Wildman–Crippen MR) is 76.5 cm³/mol. The molecule has 0 radical (unpaired) electrons. The highest BCUT2D eigenvalue weighted by Crippen LogP contribution is 2.32. The molecule has 0 saturated carbocycles. The van der Waals surface area contributed by atoms with Crippen molar-refractivity contribution in [3.05, 3.63) is 18.2 Å². The third-order valence-corrected chi connectivity index (χ3v) is 3.36. The summed E-state index contributed by atoms with van der Waals surface area (Å²) in [6.45, 7) is 4.50. The number of ether oxygens (including phenoxy) is 1. The van der Waals surface area contributed by atoms with E-state index >= 15 is 0 Å². The maximum absolute atomic E-state index is 11.9. The highest BCUT2D eigenvalue weighted by atomic mass is 16.5. The summed E-state index contributed by atoms with van der Waals surface area (Å²) in [5.41, 5.74) is 7.64. The Balaban J connectivity index is 2.25. The molecule has 1 aliphatic heterocycles. The highest BCUT2D eigenvalue weighted by molar-refractivity contribution is 5.84. The van der Waals surface area contributed by atoms with Crippen molar-refractivity contribution in [3.63, 3.8) is 0 Å². The molecule has 0 bridgehead atoms. The van der Waals surface area contributed by atoms with E-state index < -0.39 is 0 Å². The molecule has 5 nitrogen and oxygen atoms in total. The van der Waals surface area contributed by atoms with E-state index in [2.05, 4.69) is 0 Å². The van der Waals surface area contributed by atoms with Gasteiger partial charge in [0, 0.05) is 20.1 Å². The SMILES string of the molecule is CCOc1cccc(N2CCCN(C)C(=O)C2)c1N. The molecule has 0 aliphatic carbocycles. The number of rotatable bonds is 3. The van der Waals surface area contributed by atoms with Crippen molar-refractivity contribution in [1.29, 1.82) is 0 Å². The van der Waals surface area contributed by atoms with Crippen molar-refractivity contribution >= 4 is 17.3 Å². The van der Waals surface area contributed by atoms with Gasteiger partial charge in [0.05, 0.1) is 24.5 Å². The van der Waals surface area contributed by atoms with Gasteiger partial charge < -0.3 is 20.3 Å². The third kappa shape index (κ3) is 2.92. The number of amides is 1. The van der Waals surface area contributed by atoms with E-state index in [0.717, 1.165) is 25.2 Å². The molecule has 0 aromatic heterocycles. The van der Waals surface area contributed by atoms with Gasteiger partial charge >= 0.3 is 0 Å². The van der Waals surface area contributed by atoms with Crippen LogP contribution < -0.4 is 15.4 Å². The zero-order valence-corrected chi connectivity index (χ0v) is 11.6. The van der Waals surface area contributed by atoms with Crippen LogP contribution in [0.4, 0.5) is 11.4 Å². The Kier molecular flexibility index (Phi) is 4.14. The van der Waals surface area contributed by atoms with E-state index in [1.54, 1.807) is 4.90 Å². The van der Waals surface area contributed by atoms with Gasteiger partial charge in [-0.25, -0.2) is 0 Å². The number of nitrogens with two attached hydrogens (primary N) is 1. The van der Waals surface area contributed by atoms with Gasteiger partial charge in [-0.2, -0.15) is 0 Å². The Labute approximate surface area is 113 Å². The first-order valence-electron chi connectivity index (χ1n) is 6.63. The molecule has 1 heterocycles. The van der Waals surface area contributed by atoms with Crippen molar-refractivity contribution in [1.82, 2.24) is 4.90 Å². The topological polar surface area (TPSA) is 58.8 Å². The Morgan fingerprint density at radius 2 is 2.16 bits per heavy atom. The summed E-state index contributed by atoms with van der Waals surface area (Å²) in [6, 6.07) is 5.71. The van der Waals surface area contributed by atoms with E-state index in [0.29, 0.717) is 24.6 Å². The summed E-state index contributed by atoms with van der Waals surface area (Å²) in [6.07, 6.45) is 0.945. The fourth-order valence-corrected chi connectivity index (χ4v) is 2.28. The molecule has 0 spiro atoms. The van der Waals surface area contributed by atoms with Gasteiger partial charge in [0.1, 0.15) is 5.75 Å². The lowest BCUT2D eigenvalue weighted by molar-refractivity contribution is -0.127. The number of carbonyl (C=O) groups excluding carboxylic acids is 1. The fraction of sp³-hybridized carbons (Fsp3) is 0.500. The van der Waals surface area contributed by atoms with Crippen LogP contribution in [0.15, 0.2) is 18.2 Å². The van der Waals surface area contributed by atoms with E-state index in [4.69, 9.17) is 10.5 Å². The summed E-state index contributed by atoms with van der Waals surface area (Å²) < 4.78 is 5.50. The maximum Gasteiger partial charge on any atom is 0.241 e. The Morgan fingerprint density at radius 3 is 2.89 bits per heavy atom. The zero-order valence-electron chi connectivity index (χ0n) is 11.6. The number of hydrogen-bond donors (Lipinski definition) is 1. The smallest absolute Gasteiger partial charge is 0.241 e. The molecule has 0 unspecified atom stereocenters. The van der Waals surface area contributed by atoms with Gasteiger partial charge in [-0.15, -0.1) is 0 Å². The van der Waals surface area contributed by atoms with Crippen LogP contribution in [-0.2, 0) is 4.79 Å². The maximum atomic E-state index is 11.9. The molecule has 1 fully saturated rings. The molecule has 0 atom stereocenters. The number of hydrogen-bond acceptors (Lipinski definition) is 4. The standard InChI is InChI=1S/C14H21N3O2/c1-3-19-12-7-4-6-11(14(12)15)17-9-5-8-16(2)13(18)10-17/h4,6-7H,3,5,8-10,15H2,1-2H3. The van der Waals surface area contributed by atoms with Crippen LogP contribution in [0.25, 0.3) is 0 Å². The lowest BCUT2D eigenvalue weighted by Crippen LogP contribution is -2.34. The number of anilines is 2. The molecule has 104 valence electrons. The van der Waals surface area contributed by atoms with Gasteiger partial charge in [-0.3, -0.25) is 4.79 Å². The van der Waals surface area contributed by atoms with Crippen molar-refractivity contribution in [2.75, 3.05) is 43.9 Å². The first kappa shape index (κ1) is 13.5. The normalized spacial score (nSPS) is 16.4. The second-order valence-electron chi connectivity index (χ2n) is 4.71. The first-order valence-corrected chi connectivity index (χ1v) is 6.63. The second kappa shape index (κ2) is 5.82. The average molecular weight is 263 g/mol. The Bertz CT molecular complexity index is 462. The minimum Gasteiger partial charge on any atom is -0.492 e. The summed E-state index contributed by atoms with van der Waals surface area (Å²) in [5.74, 6) is 0.809. The predicted octanol–water partition coefficient (Wildman–Crippen LogP) is 1.34. The number of para-hydroxylation sites is 1. The molecular weight excluding hydrogens is 242 g/mol. The molecular formula is C14H21N3O2. The Morgan fingerprint density at radius 1 is 1.37 bits per heavy atom. The average Bonchev–Trinajstić information content (AvgIpc) is 2.55. The van der Waals surface area contributed by atoms with Gasteiger partial charge in [-0.1, -0.05) is 6.07 Å². The number of nitrogens with zero attached hydrogens (tertiary/aromatic N) is 2. The van der Waals surface area contributed by atoms with Crippen LogP contribution in [-0.4, -0.2) is 44.1 Å². The van der Waals surface area contributed by atoms with E-state index in [1.165, 1.54) is 0 Å². The van der Waals surface area contributed by atoms with E-state index in [9.17, 15) is 4.79 Å². The molecule has 1 aromatic rings. The molecule has 1 aromatic carbocycles. The summed E-state index contributed by atoms with van der Waals surface area (Å²) in [7, 11) is 1.84. The van der Waals surface area contributed by atoms with Crippen molar-refractivity contribution in [3.8, 4) is 5.75 Å². The minimum absolute atomic E-state index is 0.124. The van der Waals surface area contributed by atoms with Gasteiger partial charge in [0.15, 0.2) is 0 Å². The number of carbonyl (C=O) groups is 1. The monoisotopic (exact) mass is 263 g/mol. The second-order valence-corrected chi connectivity index (χ2v) is 4.71. The molecule has 2 N–H and O–H groups in total. The highest BCUT2D eigenvalue weighted by Gasteiger charge is 2.21. The number of likely N-dealkylation sites (N-methyl/N-ethyl adjacent to an activating group) is 1. The lowest BCUT2D eigenvalue weighted by atomic mass is 10.2. The van der Waals surface area contributed by atoms with Gasteiger partial charge in [0.2, 0.25) is 5.91 Å². The van der Waals surface area contributed by atoms with Crippen LogP contribution in [0.2, 0.25) is 0 Å². The summed E-state index contributed by atoms with van der Waals surface area (Å²) >= 11 is 0. The number of nitrogen functional groups attached to an aromatic ring is 1. The molecule has 1 saturated heterocycles. The molecule has 1 amide bonds. The summed E-state index contributed by atoms with van der Waals surface area (Å²) in [4.78, 5) is 15.7. The Hall–Kier alpha value is -1.91. The largest absolute Gasteiger partial charge is 0.492 e. The van der Waals surface area contributed by atoms with Gasteiger partial charge in [0.25, 0.3) is 0 Å². The third-order valence-electron chi connectivity index (χ3n) is 3.36. The number of benzene rings is 1. The first-order chi connectivity index (χ1) is 9.13. The van der Waals surface area contributed by atoms with Crippen LogP contribution in [0.3, 0.4) is 0 Å².